The summed E-state index contributed by atoms with van der Waals surface area (Å²) in [6.45, 7) is 8.04. The highest BCUT2D eigenvalue weighted by molar-refractivity contribution is 6.19. The fourth-order valence-electron chi connectivity index (χ4n) is 0.548. The van der Waals surface area contributed by atoms with Crippen molar-refractivity contribution < 1.29 is 19.4 Å². The molecular weight excluding hydrogens is 158 g/mol. The first-order chi connectivity index (χ1) is 5.37. The molecule has 12 heavy (non-hydrogen) atoms. The van der Waals surface area contributed by atoms with E-state index in [2.05, 4.69) is 0 Å². The van der Waals surface area contributed by atoms with Crippen molar-refractivity contribution in [1.29, 1.82) is 0 Å². The van der Waals surface area contributed by atoms with Gasteiger partial charge in [0.05, 0.1) is 11.2 Å². The summed E-state index contributed by atoms with van der Waals surface area (Å²) < 4.78 is 10.4. The van der Waals surface area contributed by atoms with Gasteiger partial charge in [-0.25, -0.2) is 0 Å². The summed E-state index contributed by atoms with van der Waals surface area (Å²) in [6, 6.07) is 0. The summed E-state index contributed by atoms with van der Waals surface area (Å²) >= 11 is 0. The molecule has 2 radical (unpaired) electrons. The second kappa shape index (κ2) is 4.28. The second-order valence-corrected chi connectivity index (χ2v) is 3.47. The van der Waals surface area contributed by atoms with Crippen LogP contribution in [0.15, 0.2) is 0 Å². The molecule has 1 rings (SSSR count). The van der Waals surface area contributed by atoms with Gasteiger partial charge in [0.2, 0.25) is 0 Å². The molecule has 1 saturated heterocycles. The monoisotopic (exact) mass is 172 g/mol. The molecule has 0 atom stereocenters. The maximum absolute atomic E-state index is 7.00. The lowest BCUT2D eigenvalue weighted by Crippen LogP contribution is -2.41. The van der Waals surface area contributed by atoms with Crippen molar-refractivity contribution >= 4 is 15.4 Å². The molecule has 0 aliphatic carbocycles. The third-order valence-corrected chi connectivity index (χ3v) is 2.14. The van der Waals surface area contributed by atoms with E-state index >= 15 is 0 Å². The van der Waals surface area contributed by atoms with Gasteiger partial charge in [-0.05, 0) is 27.7 Å². The molecule has 2 N–H and O–H groups in total. The molecule has 0 saturated carbocycles. The fraction of sp³-hybridized carbons (Fsp3) is 1.00. The largest absolute Gasteiger partial charge is 0.488 e. The summed E-state index contributed by atoms with van der Waals surface area (Å²) in [4.78, 5) is 0. The quantitative estimate of drug-likeness (QED) is 0.489. The first kappa shape index (κ1) is 12.0. The molecule has 1 aliphatic rings. The van der Waals surface area contributed by atoms with E-state index in [0.717, 1.165) is 0 Å². The Morgan fingerprint density at radius 3 is 1.33 bits per heavy atom. The van der Waals surface area contributed by atoms with E-state index in [0.29, 0.717) is 0 Å². The van der Waals surface area contributed by atoms with Gasteiger partial charge in [-0.2, -0.15) is 0 Å². The molecule has 4 nitrogen and oxygen atoms in total. The van der Waals surface area contributed by atoms with E-state index in [1.807, 2.05) is 27.7 Å². The lowest BCUT2D eigenvalue weighted by Gasteiger charge is -2.32. The molecule has 0 aromatic heterocycles. The smallest absolute Gasteiger partial charge is 0.429 e. The van der Waals surface area contributed by atoms with E-state index < -0.39 is 0 Å². The van der Waals surface area contributed by atoms with Crippen LogP contribution in [0.4, 0.5) is 0 Å². The average Bonchev–Trinajstić information content (AvgIpc) is 2.08. The SMILES string of the molecule is CC1(C)O[B]OC1(C)C.O[B]O. The molecule has 0 bridgehead atoms. The van der Waals surface area contributed by atoms with Crippen molar-refractivity contribution in [3.05, 3.63) is 0 Å². The minimum Gasteiger partial charge on any atom is -0.429 e. The van der Waals surface area contributed by atoms with Gasteiger partial charge in [0.25, 0.3) is 0 Å². The van der Waals surface area contributed by atoms with Crippen molar-refractivity contribution in [2.45, 2.75) is 38.9 Å². The average molecular weight is 172 g/mol. The minimum absolute atomic E-state index is 0. The summed E-state index contributed by atoms with van der Waals surface area (Å²) in [7, 11) is 1.42. The number of hydrogen-bond acceptors (Lipinski definition) is 4. The van der Waals surface area contributed by atoms with Gasteiger partial charge in [-0.15, -0.1) is 0 Å². The van der Waals surface area contributed by atoms with Gasteiger partial charge in [-0.1, -0.05) is 0 Å². The summed E-state index contributed by atoms with van der Waals surface area (Å²) in [5, 5.41) is 14.0. The Hall–Kier alpha value is -0.0301. The molecule has 0 amide bonds. The van der Waals surface area contributed by atoms with Gasteiger partial charge in [0, 0.05) is 0 Å². The lowest BCUT2D eigenvalue weighted by molar-refractivity contribution is 0.00578. The zero-order valence-corrected chi connectivity index (χ0v) is 7.87. The van der Waals surface area contributed by atoms with Gasteiger partial charge in [0.15, 0.2) is 0 Å². The van der Waals surface area contributed by atoms with E-state index in [-0.39, 0.29) is 18.9 Å². The van der Waals surface area contributed by atoms with E-state index in [9.17, 15) is 0 Å². The molecule has 0 aromatic rings. The maximum Gasteiger partial charge on any atom is 0.488 e. The van der Waals surface area contributed by atoms with Crippen LogP contribution in [0, 0.1) is 0 Å². The third-order valence-electron chi connectivity index (χ3n) is 2.14. The number of hydrogen-bond donors (Lipinski definition) is 2. The van der Waals surface area contributed by atoms with E-state index in [1.165, 1.54) is 7.69 Å². The van der Waals surface area contributed by atoms with Crippen LogP contribution in [0.1, 0.15) is 27.7 Å². The van der Waals surface area contributed by atoms with Crippen molar-refractivity contribution in [3.63, 3.8) is 0 Å². The summed E-state index contributed by atoms with van der Waals surface area (Å²) in [6.07, 6.45) is 0. The lowest BCUT2D eigenvalue weighted by atomic mass is 9.90. The fourth-order valence-corrected chi connectivity index (χ4v) is 0.548. The second-order valence-electron chi connectivity index (χ2n) is 3.47. The highest BCUT2D eigenvalue weighted by atomic mass is 16.7. The molecule has 1 heterocycles. The highest BCUT2D eigenvalue weighted by Crippen LogP contribution is 2.33. The predicted octanol–water partition coefficient (Wildman–Crippen LogP) is -0.370. The Labute approximate surface area is 74.5 Å². The summed E-state index contributed by atoms with van der Waals surface area (Å²) in [5.74, 6) is 0. The van der Waals surface area contributed by atoms with Crippen LogP contribution < -0.4 is 0 Å². The molecule has 1 fully saturated rings. The first-order valence-electron chi connectivity index (χ1n) is 3.65. The Morgan fingerprint density at radius 1 is 1.00 bits per heavy atom. The van der Waals surface area contributed by atoms with Crippen LogP contribution in [-0.4, -0.2) is 36.6 Å². The molecular formula is C6H14B2O4. The molecule has 1 aliphatic heterocycles. The van der Waals surface area contributed by atoms with Crippen molar-refractivity contribution in [2.24, 2.45) is 0 Å². The van der Waals surface area contributed by atoms with Crippen molar-refractivity contribution in [3.8, 4) is 0 Å². The normalized spacial score (nSPS) is 23.5. The van der Waals surface area contributed by atoms with E-state index in [1.54, 1.807) is 0 Å². The molecule has 6 heteroatoms. The van der Waals surface area contributed by atoms with E-state index in [4.69, 9.17) is 19.4 Å². The zero-order valence-electron chi connectivity index (χ0n) is 7.87. The van der Waals surface area contributed by atoms with Crippen molar-refractivity contribution in [2.75, 3.05) is 0 Å². The van der Waals surface area contributed by atoms with Gasteiger partial charge >= 0.3 is 15.4 Å². The Morgan fingerprint density at radius 2 is 1.25 bits per heavy atom. The van der Waals surface area contributed by atoms with Crippen LogP contribution in [0.2, 0.25) is 0 Å². The minimum atomic E-state index is -0.188. The topological polar surface area (TPSA) is 58.9 Å². The first-order valence-corrected chi connectivity index (χ1v) is 3.65. The van der Waals surface area contributed by atoms with Crippen molar-refractivity contribution in [1.82, 2.24) is 0 Å². The Kier molecular flexibility index (Phi) is 4.26. The van der Waals surface area contributed by atoms with Crippen LogP contribution in [0.5, 0.6) is 0 Å². The molecule has 0 spiro atoms. The van der Waals surface area contributed by atoms with Crippen LogP contribution in [0.3, 0.4) is 0 Å². The predicted molar refractivity (Wildman–Crippen MR) is 46.3 cm³/mol. The van der Waals surface area contributed by atoms with Gasteiger partial charge < -0.3 is 19.4 Å². The molecule has 68 valence electrons. The molecule has 0 aromatic carbocycles. The van der Waals surface area contributed by atoms with Crippen LogP contribution in [-0.2, 0) is 9.31 Å². The zero-order chi connectivity index (χ0) is 9.83. The van der Waals surface area contributed by atoms with Gasteiger partial charge in [0.1, 0.15) is 0 Å². The van der Waals surface area contributed by atoms with Crippen LogP contribution >= 0.6 is 0 Å². The Balaban J connectivity index is 0.000000354. The Bertz CT molecular complexity index is 124. The maximum atomic E-state index is 7.00. The third kappa shape index (κ3) is 2.79. The number of rotatable bonds is 0. The summed E-state index contributed by atoms with van der Waals surface area (Å²) in [5.41, 5.74) is -0.375. The standard InChI is InChI=1S/C6H12BO2.BH2O2/c1-5(2)6(3,4)9-7-8-5;2-1-3/h1-4H3;2-3H. The van der Waals surface area contributed by atoms with Crippen LogP contribution in [0.25, 0.3) is 0 Å². The molecule has 0 unspecified atom stereocenters. The van der Waals surface area contributed by atoms with Gasteiger partial charge in [-0.3, -0.25) is 0 Å². The highest BCUT2D eigenvalue weighted by Gasteiger charge is 2.44.